The molecule has 0 unspecified atom stereocenters. The van der Waals surface area contributed by atoms with Crippen LogP contribution in [0.15, 0.2) is 46.3 Å². The number of benzene rings is 1. The molecule has 24 heavy (non-hydrogen) atoms. The Bertz CT molecular complexity index is 912. The maximum Gasteiger partial charge on any atom is 0.371 e. The van der Waals surface area contributed by atoms with Gasteiger partial charge in [-0.05, 0) is 24.3 Å². The second-order valence-electron chi connectivity index (χ2n) is 4.89. The van der Waals surface area contributed by atoms with E-state index in [0.717, 1.165) is 0 Å². The summed E-state index contributed by atoms with van der Waals surface area (Å²) in [4.78, 5) is 51.7. The average molecular weight is 329 g/mol. The van der Waals surface area contributed by atoms with Gasteiger partial charge in [-0.2, -0.15) is 0 Å². The first kappa shape index (κ1) is 15.5. The van der Waals surface area contributed by atoms with Crippen LogP contribution in [0, 0.1) is 0 Å². The van der Waals surface area contributed by atoms with Crippen LogP contribution in [0.3, 0.4) is 0 Å². The molecule has 2 aromatic rings. The van der Waals surface area contributed by atoms with E-state index in [9.17, 15) is 19.2 Å². The molecule has 1 aliphatic heterocycles. The molecule has 0 radical (unpaired) electrons. The van der Waals surface area contributed by atoms with Gasteiger partial charge in [0.15, 0.2) is 0 Å². The first-order valence-corrected chi connectivity index (χ1v) is 6.93. The predicted octanol–water partition coefficient (Wildman–Crippen LogP) is 1.54. The number of rotatable bonds is 4. The van der Waals surface area contributed by atoms with E-state index in [1.807, 2.05) is 0 Å². The largest absolute Gasteiger partial charge is 0.466 e. The number of nitrogens with zero attached hydrogens (tertiary/aromatic N) is 1. The molecule has 0 bridgehead atoms. The van der Waals surface area contributed by atoms with Crippen molar-refractivity contribution in [3.63, 3.8) is 0 Å². The Hall–Kier alpha value is -3.42. The first-order chi connectivity index (χ1) is 11.5. The first-order valence-electron chi connectivity index (χ1n) is 6.93. The third-order valence-electron chi connectivity index (χ3n) is 3.32. The number of carbonyl (C=O) groups excluding carboxylic acids is 3. The van der Waals surface area contributed by atoms with Crippen LogP contribution in [0.2, 0.25) is 0 Å². The number of amides is 2. The normalized spacial score (nSPS) is 14.1. The monoisotopic (exact) mass is 329 g/mol. The van der Waals surface area contributed by atoms with Crippen molar-refractivity contribution in [3.05, 3.63) is 53.1 Å². The van der Waals surface area contributed by atoms with Crippen LogP contribution >= 0.6 is 0 Å². The molecule has 0 spiro atoms. The highest BCUT2D eigenvalue weighted by Gasteiger charge is 2.33. The van der Waals surface area contributed by atoms with E-state index >= 15 is 0 Å². The van der Waals surface area contributed by atoms with Gasteiger partial charge < -0.3 is 14.0 Å². The van der Waals surface area contributed by atoms with Gasteiger partial charge >= 0.3 is 11.6 Å². The van der Waals surface area contributed by atoms with Gasteiger partial charge in [-0.25, -0.2) is 9.59 Å². The molecule has 0 atom stereocenters. The Morgan fingerprint density at radius 1 is 1.17 bits per heavy atom. The molecular formula is C16H11NO7. The van der Waals surface area contributed by atoms with Gasteiger partial charge in [0, 0.05) is 18.2 Å². The molecule has 8 heteroatoms. The minimum absolute atomic E-state index is 0.0410. The Morgan fingerprint density at radius 2 is 1.88 bits per heavy atom. The van der Waals surface area contributed by atoms with Crippen molar-refractivity contribution in [1.29, 1.82) is 0 Å². The van der Waals surface area contributed by atoms with Gasteiger partial charge in [0.25, 0.3) is 11.8 Å². The third-order valence-corrected chi connectivity index (χ3v) is 3.32. The van der Waals surface area contributed by atoms with Crippen molar-refractivity contribution in [3.8, 4) is 5.75 Å². The van der Waals surface area contributed by atoms with Crippen molar-refractivity contribution >= 4 is 28.8 Å². The molecule has 2 heterocycles. The van der Waals surface area contributed by atoms with Crippen LogP contribution in [-0.4, -0.2) is 22.8 Å². The fourth-order valence-corrected chi connectivity index (χ4v) is 2.20. The van der Waals surface area contributed by atoms with Crippen molar-refractivity contribution < 1.29 is 28.4 Å². The molecule has 1 saturated heterocycles. The van der Waals surface area contributed by atoms with Crippen molar-refractivity contribution in [2.75, 3.05) is 0 Å². The van der Waals surface area contributed by atoms with Gasteiger partial charge in [-0.15, -0.1) is 5.06 Å². The van der Waals surface area contributed by atoms with Crippen LogP contribution < -0.4 is 10.4 Å². The average Bonchev–Trinajstić information content (AvgIpc) is 2.86. The van der Waals surface area contributed by atoms with E-state index in [-0.39, 0.29) is 18.4 Å². The molecule has 2 amide bonds. The highest BCUT2D eigenvalue weighted by Crippen LogP contribution is 2.21. The van der Waals surface area contributed by atoms with Crippen LogP contribution in [0.5, 0.6) is 5.75 Å². The fraction of sp³-hybridized carbons (Fsp3) is 0.125. The molecule has 8 nitrogen and oxygen atoms in total. The van der Waals surface area contributed by atoms with E-state index in [0.29, 0.717) is 16.2 Å². The number of imide groups is 1. The summed E-state index contributed by atoms with van der Waals surface area (Å²) in [6.45, 7) is 3.43. The van der Waals surface area contributed by atoms with Gasteiger partial charge in [0.2, 0.25) is 0 Å². The SMILES string of the molecule is C=COc1ccc2oc(=O)c(C(=O)ON3C(=O)CCC3=O)cc2c1. The van der Waals surface area contributed by atoms with Crippen molar-refractivity contribution in [2.24, 2.45) is 0 Å². The summed E-state index contributed by atoms with van der Waals surface area (Å²) in [5.74, 6) is -2.00. The number of hydrogen-bond donors (Lipinski definition) is 0. The predicted molar refractivity (Wildman–Crippen MR) is 79.8 cm³/mol. The zero-order valence-electron chi connectivity index (χ0n) is 12.3. The topological polar surface area (TPSA) is 103 Å². The maximum absolute atomic E-state index is 12.1. The summed E-state index contributed by atoms with van der Waals surface area (Å²) in [5.41, 5.74) is -1.14. The summed E-state index contributed by atoms with van der Waals surface area (Å²) >= 11 is 0. The van der Waals surface area contributed by atoms with Crippen LogP contribution in [0.1, 0.15) is 23.2 Å². The number of fused-ring (bicyclic) bond motifs is 1. The van der Waals surface area contributed by atoms with Crippen LogP contribution in [0.25, 0.3) is 11.0 Å². The number of hydroxylamine groups is 2. The van der Waals surface area contributed by atoms with Gasteiger partial charge in [0.05, 0.1) is 6.26 Å². The molecular weight excluding hydrogens is 318 g/mol. The van der Waals surface area contributed by atoms with E-state index in [4.69, 9.17) is 14.0 Å². The second kappa shape index (κ2) is 5.99. The van der Waals surface area contributed by atoms with E-state index in [1.54, 1.807) is 6.07 Å². The van der Waals surface area contributed by atoms with E-state index in [2.05, 4.69) is 6.58 Å². The van der Waals surface area contributed by atoms with E-state index < -0.39 is 29.0 Å². The summed E-state index contributed by atoms with van der Waals surface area (Å²) in [6.07, 6.45) is 1.14. The Labute approximate surface area is 134 Å². The smallest absolute Gasteiger partial charge is 0.371 e. The lowest BCUT2D eigenvalue weighted by molar-refractivity contribution is -0.172. The molecule has 1 aromatic carbocycles. The van der Waals surface area contributed by atoms with Gasteiger partial charge in [-0.3, -0.25) is 9.59 Å². The molecule has 1 fully saturated rings. The summed E-state index contributed by atoms with van der Waals surface area (Å²) in [6, 6.07) is 5.83. The summed E-state index contributed by atoms with van der Waals surface area (Å²) in [5, 5.41) is 0.767. The number of ether oxygens (including phenoxy) is 1. The molecule has 0 aliphatic carbocycles. The van der Waals surface area contributed by atoms with E-state index in [1.165, 1.54) is 24.5 Å². The second-order valence-corrected chi connectivity index (χ2v) is 4.89. The lowest BCUT2D eigenvalue weighted by atomic mass is 10.2. The maximum atomic E-state index is 12.1. The highest BCUT2D eigenvalue weighted by atomic mass is 16.7. The third kappa shape index (κ3) is 2.76. The summed E-state index contributed by atoms with van der Waals surface area (Å²) < 4.78 is 10.1. The van der Waals surface area contributed by atoms with Crippen molar-refractivity contribution in [2.45, 2.75) is 12.8 Å². The number of hydrogen-bond acceptors (Lipinski definition) is 7. The molecule has 0 saturated carbocycles. The van der Waals surface area contributed by atoms with Gasteiger partial charge in [-0.1, -0.05) is 6.58 Å². The molecule has 3 rings (SSSR count). The number of carbonyl (C=O) groups is 3. The zero-order chi connectivity index (χ0) is 17.3. The van der Waals surface area contributed by atoms with Crippen molar-refractivity contribution in [1.82, 2.24) is 5.06 Å². The fourth-order valence-electron chi connectivity index (χ4n) is 2.20. The standard InChI is InChI=1S/C16H11NO7/c1-2-22-10-3-4-12-9(7-10)8-11(15(20)23-12)16(21)24-17-13(18)5-6-14(17)19/h2-4,7-8H,1,5-6H2. The highest BCUT2D eigenvalue weighted by molar-refractivity contribution is 6.03. The molecule has 0 N–H and O–H groups in total. The minimum Gasteiger partial charge on any atom is -0.466 e. The zero-order valence-corrected chi connectivity index (χ0v) is 12.3. The van der Waals surface area contributed by atoms with Crippen LogP contribution in [-0.2, 0) is 14.4 Å². The minimum atomic E-state index is -1.15. The van der Waals surface area contributed by atoms with Gasteiger partial charge in [0.1, 0.15) is 16.9 Å². The molecule has 1 aromatic heterocycles. The Balaban J connectivity index is 1.95. The lowest BCUT2D eigenvalue weighted by Gasteiger charge is -2.12. The lowest BCUT2D eigenvalue weighted by Crippen LogP contribution is -2.33. The molecule has 1 aliphatic rings. The summed E-state index contributed by atoms with van der Waals surface area (Å²) in [7, 11) is 0. The Kier molecular flexibility index (Phi) is 3.87. The quantitative estimate of drug-likeness (QED) is 0.476. The molecule has 122 valence electrons. The Morgan fingerprint density at radius 3 is 2.54 bits per heavy atom. The van der Waals surface area contributed by atoms with Crippen LogP contribution in [0.4, 0.5) is 0 Å².